The van der Waals surface area contributed by atoms with E-state index in [4.69, 9.17) is 5.11 Å². The Balaban J connectivity index is 1.69. The minimum absolute atomic E-state index is 0.193. The van der Waals surface area contributed by atoms with E-state index in [1.54, 1.807) is 24.3 Å². The van der Waals surface area contributed by atoms with Gasteiger partial charge in [-0.15, -0.1) is 0 Å². The number of H-pyrrole nitrogens is 3. The Morgan fingerprint density at radius 3 is 2.56 bits per heavy atom. The van der Waals surface area contributed by atoms with Crippen LogP contribution in [0.2, 0.25) is 0 Å². The summed E-state index contributed by atoms with van der Waals surface area (Å²) in [4.78, 5) is 26.4. The first-order chi connectivity index (χ1) is 13.1. The molecule has 2 aromatic carbocycles. The molecule has 0 saturated carbocycles. The van der Waals surface area contributed by atoms with Crippen molar-refractivity contribution < 1.29 is 9.90 Å². The molecule has 134 valence electrons. The molecule has 27 heavy (non-hydrogen) atoms. The fraction of sp³-hybridized carbons (Fsp3) is 0.0476. The van der Waals surface area contributed by atoms with E-state index < -0.39 is 5.97 Å². The molecule has 0 unspecified atom stereocenters. The summed E-state index contributed by atoms with van der Waals surface area (Å²) in [6, 6.07) is 16.6. The Morgan fingerprint density at radius 2 is 1.81 bits per heavy atom. The average Bonchev–Trinajstić information content (AvgIpc) is 3.24. The summed E-state index contributed by atoms with van der Waals surface area (Å²) in [6.45, 7) is 0. The second kappa shape index (κ2) is 6.84. The Kier molecular flexibility index (Phi) is 4.22. The molecule has 0 aliphatic carbocycles. The summed E-state index contributed by atoms with van der Waals surface area (Å²) in [6.07, 6.45) is 4.29. The number of hydrogen-bond donors (Lipinski definition) is 4. The molecule has 0 fully saturated rings. The van der Waals surface area contributed by atoms with Crippen LogP contribution in [0.15, 0.2) is 59.4 Å². The van der Waals surface area contributed by atoms with Gasteiger partial charge in [0.05, 0.1) is 16.1 Å². The number of carboxylic acid groups (broad SMARTS) is 1. The molecule has 0 bridgehead atoms. The largest absolute Gasteiger partial charge is 0.478 e. The number of benzene rings is 2. The Labute approximate surface area is 153 Å². The van der Waals surface area contributed by atoms with E-state index >= 15 is 0 Å². The second-order valence-corrected chi connectivity index (χ2v) is 6.27. The van der Waals surface area contributed by atoms with Gasteiger partial charge >= 0.3 is 5.97 Å². The Hall–Kier alpha value is -3.80. The minimum Gasteiger partial charge on any atom is -0.478 e. The molecule has 0 aliphatic heterocycles. The Morgan fingerprint density at radius 1 is 1.04 bits per heavy atom. The third-order valence-corrected chi connectivity index (χ3v) is 4.44. The number of aromatic nitrogens is 3. The molecule has 6 heteroatoms. The van der Waals surface area contributed by atoms with Crippen LogP contribution in [-0.4, -0.2) is 26.3 Å². The maximum atomic E-state index is 12.2. The number of aromatic amines is 3. The number of nitrogens with one attached hydrogen (secondary N) is 3. The van der Waals surface area contributed by atoms with Crippen molar-refractivity contribution in [3.8, 4) is 0 Å². The third kappa shape index (κ3) is 3.46. The average molecular weight is 359 g/mol. The van der Waals surface area contributed by atoms with E-state index in [2.05, 4.69) is 15.2 Å². The number of hydrogen-bond acceptors (Lipinski definition) is 2. The summed E-state index contributed by atoms with van der Waals surface area (Å²) >= 11 is 0. The lowest BCUT2D eigenvalue weighted by Crippen LogP contribution is -2.33. The fourth-order valence-corrected chi connectivity index (χ4v) is 3.02. The summed E-state index contributed by atoms with van der Waals surface area (Å²) < 4.78 is 0. The first kappa shape index (κ1) is 16.7. The van der Waals surface area contributed by atoms with Crippen molar-refractivity contribution in [2.75, 3.05) is 0 Å². The highest BCUT2D eigenvalue weighted by Gasteiger charge is 2.02. The normalized spacial score (nSPS) is 12.7. The van der Waals surface area contributed by atoms with E-state index in [-0.39, 0.29) is 11.1 Å². The van der Waals surface area contributed by atoms with Gasteiger partial charge in [0, 0.05) is 11.2 Å². The van der Waals surface area contributed by atoms with Gasteiger partial charge in [-0.25, -0.2) is 4.79 Å². The van der Waals surface area contributed by atoms with Crippen molar-refractivity contribution in [2.45, 2.75) is 6.42 Å². The number of para-hydroxylation sites is 1. The lowest BCUT2D eigenvalue weighted by molar-refractivity contribution is 0.0697. The predicted octanol–water partition coefficient (Wildman–Crippen LogP) is 1.73. The van der Waals surface area contributed by atoms with E-state index in [0.717, 1.165) is 22.2 Å². The van der Waals surface area contributed by atoms with Crippen LogP contribution < -0.4 is 16.1 Å². The van der Waals surface area contributed by atoms with Crippen LogP contribution in [-0.2, 0) is 6.42 Å². The zero-order valence-electron chi connectivity index (χ0n) is 14.3. The van der Waals surface area contributed by atoms with Crippen LogP contribution in [0.1, 0.15) is 21.6 Å². The van der Waals surface area contributed by atoms with Crippen molar-refractivity contribution in [3.63, 3.8) is 0 Å². The van der Waals surface area contributed by atoms with Gasteiger partial charge in [0.25, 0.3) is 5.56 Å². The maximum Gasteiger partial charge on any atom is 0.335 e. The van der Waals surface area contributed by atoms with E-state index in [1.165, 1.54) is 0 Å². The lowest BCUT2D eigenvalue weighted by Gasteiger charge is -1.97. The third-order valence-electron chi connectivity index (χ3n) is 4.44. The van der Waals surface area contributed by atoms with Crippen LogP contribution in [0.25, 0.3) is 23.1 Å². The van der Waals surface area contributed by atoms with Crippen molar-refractivity contribution >= 4 is 29.0 Å². The Bertz CT molecular complexity index is 1260. The van der Waals surface area contributed by atoms with Gasteiger partial charge in [-0.2, -0.15) is 0 Å². The fourth-order valence-electron chi connectivity index (χ4n) is 3.02. The maximum absolute atomic E-state index is 12.2. The highest BCUT2D eigenvalue weighted by Crippen LogP contribution is 2.14. The molecule has 2 heterocycles. The molecule has 0 amide bonds. The molecule has 4 rings (SSSR count). The molecular weight excluding hydrogens is 342 g/mol. The van der Waals surface area contributed by atoms with Crippen molar-refractivity contribution in [1.29, 1.82) is 0 Å². The monoisotopic (exact) mass is 359 g/mol. The standard InChI is InChI=1S/C21H17N3O3/c25-20-17(12-16-11-15-3-1-2-4-18(15)22-16)19(23-24-20)10-7-13-5-8-14(9-6-13)21(26)27/h1-6,8-12,22-23H,7H2,(H,24,25)(H,26,27). The van der Waals surface area contributed by atoms with Gasteiger partial charge in [-0.3, -0.25) is 15.0 Å². The SMILES string of the molecule is O=C(O)c1ccc(CC=c2[nH][nH]c(=O)c2=Cc2cc3ccccc3[nH]2)cc1. The number of aromatic carboxylic acids is 1. The molecule has 4 N–H and O–H groups in total. The first-order valence-corrected chi connectivity index (χ1v) is 8.49. The van der Waals surface area contributed by atoms with Crippen LogP contribution >= 0.6 is 0 Å². The molecule has 0 aliphatic rings. The van der Waals surface area contributed by atoms with E-state index in [9.17, 15) is 9.59 Å². The second-order valence-electron chi connectivity index (χ2n) is 6.27. The zero-order valence-corrected chi connectivity index (χ0v) is 14.3. The van der Waals surface area contributed by atoms with Gasteiger partial charge in [0.1, 0.15) is 0 Å². The molecule has 4 aromatic rings. The van der Waals surface area contributed by atoms with E-state index in [1.807, 2.05) is 42.5 Å². The summed E-state index contributed by atoms with van der Waals surface area (Å²) in [5.74, 6) is -0.948. The van der Waals surface area contributed by atoms with Gasteiger partial charge in [0.15, 0.2) is 0 Å². The number of rotatable bonds is 4. The molecule has 0 spiro atoms. The molecule has 0 saturated heterocycles. The van der Waals surface area contributed by atoms with Crippen LogP contribution in [0.3, 0.4) is 0 Å². The predicted molar refractivity (Wildman–Crippen MR) is 104 cm³/mol. The number of fused-ring (bicyclic) bond motifs is 1. The van der Waals surface area contributed by atoms with Gasteiger partial charge in [0.2, 0.25) is 0 Å². The van der Waals surface area contributed by atoms with Gasteiger partial charge in [-0.1, -0.05) is 36.4 Å². The number of carboxylic acids is 1. The van der Waals surface area contributed by atoms with Crippen molar-refractivity contribution in [3.05, 3.63) is 92.3 Å². The molecule has 0 atom stereocenters. The summed E-state index contributed by atoms with van der Waals surface area (Å²) in [5.41, 5.74) is 2.88. The van der Waals surface area contributed by atoms with Crippen molar-refractivity contribution in [2.24, 2.45) is 0 Å². The first-order valence-electron chi connectivity index (χ1n) is 8.49. The van der Waals surface area contributed by atoms with Gasteiger partial charge < -0.3 is 10.1 Å². The topological polar surface area (TPSA) is 102 Å². The molecular formula is C21H17N3O3. The van der Waals surface area contributed by atoms with Crippen LogP contribution in [0, 0.1) is 0 Å². The molecule has 0 radical (unpaired) electrons. The number of carbonyl (C=O) groups is 1. The van der Waals surface area contributed by atoms with E-state index in [0.29, 0.717) is 17.0 Å². The molecule has 6 nitrogen and oxygen atoms in total. The smallest absolute Gasteiger partial charge is 0.335 e. The lowest BCUT2D eigenvalue weighted by atomic mass is 10.1. The molecule has 2 aromatic heterocycles. The summed E-state index contributed by atoms with van der Waals surface area (Å²) in [5, 5.41) is 16.8. The summed E-state index contributed by atoms with van der Waals surface area (Å²) in [7, 11) is 0. The van der Waals surface area contributed by atoms with Gasteiger partial charge in [-0.05, 0) is 47.7 Å². The quantitative estimate of drug-likeness (QED) is 0.446. The highest BCUT2D eigenvalue weighted by molar-refractivity contribution is 5.87. The van der Waals surface area contributed by atoms with Crippen molar-refractivity contribution in [1.82, 2.24) is 15.2 Å². The highest BCUT2D eigenvalue weighted by atomic mass is 16.4. The van der Waals surface area contributed by atoms with Crippen LogP contribution in [0.5, 0.6) is 0 Å². The minimum atomic E-state index is -0.948. The van der Waals surface area contributed by atoms with Crippen LogP contribution in [0.4, 0.5) is 0 Å². The zero-order chi connectivity index (χ0) is 18.8.